The largest absolute Gasteiger partial charge is 0.491 e. The highest BCUT2D eigenvalue weighted by atomic mass is 16.5. The number of rotatable bonds is 11. The van der Waals surface area contributed by atoms with Crippen LogP contribution in [0.1, 0.15) is 21.0 Å². The van der Waals surface area contributed by atoms with Crippen molar-refractivity contribution < 1.29 is 29.5 Å². The Hall–Kier alpha value is -6.56. The van der Waals surface area contributed by atoms with E-state index in [4.69, 9.17) is 9.47 Å². The normalized spacial score (nSPS) is 10.9. The number of nitrogens with zero attached hydrogens (tertiary/aromatic N) is 2. The fourth-order valence-corrected chi connectivity index (χ4v) is 5.40. The second kappa shape index (κ2) is 13.8. The van der Waals surface area contributed by atoms with Gasteiger partial charge in [-0.2, -0.15) is 0 Å². The number of carbonyl (C=O) groups excluding carboxylic acids is 2. The van der Waals surface area contributed by atoms with Gasteiger partial charge >= 0.3 is 0 Å². The third kappa shape index (κ3) is 6.40. The SMILES string of the molecule is O=C(NCCOc1ccc2ccccc2c1-c1c(OCCNC(=O)c2cccc(=O)n2O)ccc2ccccc12)c1cccc(=O)n1O. The fourth-order valence-electron chi connectivity index (χ4n) is 5.40. The first-order chi connectivity index (χ1) is 23.3. The molecule has 2 aromatic heterocycles. The summed E-state index contributed by atoms with van der Waals surface area (Å²) in [7, 11) is 0. The molecule has 0 aliphatic heterocycles. The lowest BCUT2D eigenvalue weighted by Crippen LogP contribution is -2.33. The summed E-state index contributed by atoms with van der Waals surface area (Å²) in [5, 5.41) is 28.9. The lowest BCUT2D eigenvalue weighted by atomic mass is 9.92. The molecule has 6 rings (SSSR count). The lowest BCUT2D eigenvalue weighted by Gasteiger charge is -2.20. The van der Waals surface area contributed by atoms with Crippen LogP contribution in [0.2, 0.25) is 0 Å². The summed E-state index contributed by atoms with van der Waals surface area (Å²) in [5.41, 5.74) is -0.313. The number of nitrogens with one attached hydrogen (secondary N) is 2. The van der Waals surface area contributed by atoms with Gasteiger partial charge in [-0.15, -0.1) is 9.46 Å². The predicted molar refractivity (Wildman–Crippen MR) is 178 cm³/mol. The second-order valence-electron chi connectivity index (χ2n) is 10.7. The molecule has 12 nitrogen and oxygen atoms in total. The highest BCUT2D eigenvalue weighted by Gasteiger charge is 2.20. The van der Waals surface area contributed by atoms with Crippen molar-refractivity contribution in [2.24, 2.45) is 0 Å². The average molecular weight is 647 g/mol. The van der Waals surface area contributed by atoms with Crippen LogP contribution in [0.3, 0.4) is 0 Å². The van der Waals surface area contributed by atoms with Gasteiger partial charge in [-0.1, -0.05) is 72.8 Å². The summed E-state index contributed by atoms with van der Waals surface area (Å²) in [6.07, 6.45) is 0. The summed E-state index contributed by atoms with van der Waals surface area (Å²) < 4.78 is 13.1. The third-order valence-electron chi connectivity index (χ3n) is 7.65. The summed E-state index contributed by atoms with van der Waals surface area (Å²) in [4.78, 5) is 48.6. The Morgan fingerprint density at radius 2 is 0.958 bits per heavy atom. The Morgan fingerprint density at radius 1 is 0.542 bits per heavy atom. The molecule has 242 valence electrons. The minimum absolute atomic E-state index is 0.0714. The Balaban J connectivity index is 1.28. The van der Waals surface area contributed by atoms with Crippen molar-refractivity contribution in [2.75, 3.05) is 26.3 Å². The maximum atomic E-state index is 12.6. The molecular formula is C36H30N4O8. The maximum absolute atomic E-state index is 12.6. The van der Waals surface area contributed by atoms with Gasteiger partial charge in [0.1, 0.15) is 36.1 Å². The topological polar surface area (TPSA) is 161 Å². The number of benzene rings is 4. The van der Waals surface area contributed by atoms with Gasteiger partial charge in [-0.3, -0.25) is 19.2 Å². The number of amides is 2. The van der Waals surface area contributed by atoms with E-state index in [2.05, 4.69) is 10.6 Å². The zero-order valence-corrected chi connectivity index (χ0v) is 25.5. The van der Waals surface area contributed by atoms with Crippen LogP contribution in [0.25, 0.3) is 32.7 Å². The predicted octanol–water partition coefficient (Wildman–Crippen LogP) is 4.08. The maximum Gasteiger partial charge on any atom is 0.283 e. The van der Waals surface area contributed by atoms with Crippen LogP contribution < -0.4 is 31.2 Å². The van der Waals surface area contributed by atoms with Gasteiger partial charge < -0.3 is 30.5 Å². The van der Waals surface area contributed by atoms with Crippen LogP contribution in [-0.2, 0) is 0 Å². The molecule has 4 aromatic carbocycles. The molecule has 0 unspecified atom stereocenters. The first-order valence-corrected chi connectivity index (χ1v) is 15.0. The molecule has 0 fully saturated rings. The quantitative estimate of drug-likeness (QED) is 0.121. The molecule has 0 spiro atoms. The number of hydrogen-bond acceptors (Lipinski definition) is 8. The molecule has 0 saturated heterocycles. The fraction of sp³-hybridized carbons (Fsp3) is 0.111. The molecule has 48 heavy (non-hydrogen) atoms. The van der Waals surface area contributed by atoms with Crippen molar-refractivity contribution >= 4 is 33.4 Å². The molecule has 0 aliphatic carbocycles. The Morgan fingerprint density at radius 3 is 1.40 bits per heavy atom. The molecule has 0 aliphatic rings. The first-order valence-electron chi connectivity index (χ1n) is 15.0. The highest BCUT2D eigenvalue weighted by molar-refractivity contribution is 6.09. The molecule has 6 aromatic rings. The van der Waals surface area contributed by atoms with E-state index >= 15 is 0 Å². The molecule has 2 amide bonds. The van der Waals surface area contributed by atoms with E-state index < -0.39 is 22.9 Å². The summed E-state index contributed by atoms with van der Waals surface area (Å²) in [6.45, 7) is 0.301. The highest BCUT2D eigenvalue weighted by Crippen LogP contribution is 2.45. The monoisotopic (exact) mass is 646 g/mol. The van der Waals surface area contributed by atoms with Crippen molar-refractivity contribution in [3.63, 3.8) is 0 Å². The van der Waals surface area contributed by atoms with Crippen LogP contribution in [-0.4, -0.2) is 58.0 Å². The van der Waals surface area contributed by atoms with Crippen LogP contribution in [0, 0.1) is 0 Å². The molecule has 2 heterocycles. The molecule has 0 saturated carbocycles. The Labute approximate surface area is 272 Å². The van der Waals surface area contributed by atoms with Gasteiger partial charge in [0.25, 0.3) is 22.9 Å². The van der Waals surface area contributed by atoms with E-state index in [0.29, 0.717) is 11.5 Å². The molecular weight excluding hydrogens is 616 g/mol. The minimum atomic E-state index is -0.720. The smallest absolute Gasteiger partial charge is 0.283 e. The Kier molecular flexibility index (Phi) is 9.05. The second-order valence-corrected chi connectivity index (χ2v) is 10.7. The lowest BCUT2D eigenvalue weighted by molar-refractivity contribution is 0.0876. The first kappa shape index (κ1) is 31.4. The van der Waals surface area contributed by atoms with Crippen molar-refractivity contribution in [1.82, 2.24) is 20.1 Å². The van der Waals surface area contributed by atoms with E-state index in [0.717, 1.165) is 44.8 Å². The number of fused-ring (bicyclic) bond motifs is 2. The van der Waals surface area contributed by atoms with Crippen LogP contribution >= 0.6 is 0 Å². The molecule has 4 N–H and O–H groups in total. The zero-order valence-electron chi connectivity index (χ0n) is 25.5. The molecule has 12 heteroatoms. The molecule has 0 atom stereocenters. The summed E-state index contributed by atoms with van der Waals surface area (Å²) >= 11 is 0. The van der Waals surface area contributed by atoms with Crippen molar-refractivity contribution in [3.05, 3.63) is 141 Å². The van der Waals surface area contributed by atoms with E-state index in [1.54, 1.807) is 0 Å². The van der Waals surface area contributed by atoms with Crippen molar-refractivity contribution in [3.8, 4) is 22.6 Å². The van der Waals surface area contributed by atoms with Gasteiger partial charge in [-0.05, 0) is 45.8 Å². The van der Waals surface area contributed by atoms with Crippen LogP contribution in [0.15, 0.2) is 119 Å². The van der Waals surface area contributed by atoms with Gasteiger partial charge in [0.05, 0.1) is 13.1 Å². The van der Waals surface area contributed by atoms with Crippen LogP contribution in [0.4, 0.5) is 0 Å². The number of hydrogen-bond donors (Lipinski definition) is 4. The van der Waals surface area contributed by atoms with E-state index in [1.807, 2.05) is 72.8 Å². The third-order valence-corrected chi connectivity index (χ3v) is 7.65. The molecule has 0 bridgehead atoms. The van der Waals surface area contributed by atoms with Crippen LogP contribution in [0.5, 0.6) is 11.5 Å². The van der Waals surface area contributed by atoms with Gasteiger partial charge in [0, 0.05) is 23.3 Å². The Bertz CT molecular complexity index is 2120. The van der Waals surface area contributed by atoms with Crippen molar-refractivity contribution in [2.45, 2.75) is 0 Å². The van der Waals surface area contributed by atoms with Crippen molar-refractivity contribution in [1.29, 1.82) is 0 Å². The van der Waals surface area contributed by atoms with E-state index in [-0.39, 0.29) is 47.2 Å². The summed E-state index contributed by atoms with van der Waals surface area (Å²) in [6, 6.07) is 31.0. The number of pyridine rings is 2. The van der Waals surface area contributed by atoms with E-state index in [1.165, 1.54) is 24.3 Å². The number of aromatic nitrogens is 2. The van der Waals surface area contributed by atoms with Gasteiger partial charge in [-0.25, -0.2) is 0 Å². The zero-order chi connectivity index (χ0) is 33.6. The minimum Gasteiger partial charge on any atom is -0.491 e. The van der Waals surface area contributed by atoms with Gasteiger partial charge in [0.15, 0.2) is 0 Å². The van der Waals surface area contributed by atoms with E-state index in [9.17, 15) is 29.6 Å². The number of ether oxygens (including phenoxy) is 2. The summed E-state index contributed by atoms with van der Waals surface area (Å²) in [5.74, 6) is -0.213. The standard InChI is InChI=1S/C36H30N4O8/c41-31-13-5-11-27(39(31)45)35(43)37-19-21-47-29-17-15-23-7-1-3-9-25(23)33(29)34-26-10-4-2-8-24(26)16-18-30(34)48-22-20-38-36(44)28-12-6-14-32(42)40(28)46/h1-18,45-46H,19-22H2,(H,37,43)(H,38,44). The average Bonchev–Trinajstić information content (AvgIpc) is 3.10. The van der Waals surface area contributed by atoms with Gasteiger partial charge in [0.2, 0.25) is 0 Å². The number of carbonyl (C=O) groups is 2. The molecule has 0 radical (unpaired) electrons.